The van der Waals surface area contributed by atoms with Crippen LogP contribution in [-0.4, -0.2) is 36.0 Å². The van der Waals surface area contributed by atoms with E-state index in [1.54, 1.807) is 20.5 Å². The van der Waals surface area contributed by atoms with Crippen molar-refractivity contribution in [2.75, 3.05) is 21.3 Å². The molecule has 2 rings (SSSR count). The van der Waals surface area contributed by atoms with Crippen LogP contribution < -0.4 is 14.8 Å². The number of ether oxygens (including phenoxy) is 2. The van der Waals surface area contributed by atoms with Gasteiger partial charge in [-0.25, -0.2) is 4.98 Å². The molecule has 1 N–H and O–H groups in total. The van der Waals surface area contributed by atoms with Crippen LogP contribution in [0.1, 0.15) is 24.4 Å². The Morgan fingerprint density at radius 2 is 2.10 bits per heavy atom. The van der Waals surface area contributed by atoms with Crippen LogP contribution >= 0.6 is 0 Å². The maximum absolute atomic E-state index is 5.46. The second kappa shape index (κ2) is 7.08. The summed E-state index contributed by atoms with van der Waals surface area (Å²) in [4.78, 5) is 4.34. The van der Waals surface area contributed by atoms with Gasteiger partial charge >= 0.3 is 0 Å². The highest BCUT2D eigenvalue weighted by Gasteiger charge is 2.18. The molecule has 1 heterocycles. The van der Waals surface area contributed by atoms with E-state index >= 15 is 0 Å². The summed E-state index contributed by atoms with van der Waals surface area (Å²) in [5.74, 6) is 2.59. The van der Waals surface area contributed by atoms with Gasteiger partial charge in [-0.3, -0.25) is 4.68 Å². The van der Waals surface area contributed by atoms with Gasteiger partial charge in [0.15, 0.2) is 0 Å². The Hall–Kier alpha value is -2.08. The number of aromatic nitrogens is 3. The van der Waals surface area contributed by atoms with Crippen molar-refractivity contribution in [2.24, 2.45) is 0 Å². The molecule has 1 unspecified atom stereocenters. The fraction of sp³-hybridized carbons (Fsp3) is 0.467. The zero-order valence-corrected chi connectivity index (χ0v) is 13.0. The fourth-order valence-electron chi connectivity index (χ4n) is 2.37. The minimum atomic E-state index is 0.0737. The molecule has 114 valence electrons. The molecule has 0 saturated carbocycles. The van der Waals surface area contributed by atoms with Crippen LogP contribution in [0.5, 0.6) is 11.5 Å². The van der Waals surface area contributed by atoms with Gasteiger partial charge in [0, 0.05) is 24.6 Å². The molecule has 6 nitrogen and oxygen atoms in total. The van der Waals surface area contributed by atoms with E-state index in [0.717, 1.165) is 35.9 Å². The first-order chi connectivity index (χ1) is 10.2. The second-order valence-corrected chi connectivity index (χ2v) is 4.65. The summed E-state index contributed by atoms with van der Waals surface area (Å²) in [6.45, 7) is 2.86. The number of hydrogen-bond acceptors (Lipinski definition) is 5. The Kier molecular flexibility index (Phi) is 5.16. The van der Waals surface area contributed by atoms with E-state index in [1.807, 2.05) is 29.9 Å². The van der Waals surface area contributed by atoms with Gasteiger partial charge in [0.1, 0.15) is 23.7 Å². The van der Waals surface area contributed by atoms with Crippen LogP contribution in [0.2, 0.25) is 0 Å². The van der Waals surface area contributed by atoms with E-state index < -0.39 is 0 Å². The second-order valence-electron chi connectivity index (χ2n) is 4.65. The molecular weight excluding hydrogens is 268 g/mol. The normalized spacial score (nSPS) is 12.2. The quantitative estimate of drug-likeness (QED) is 0.843. The first kappa shape index (κ1) is 15.3. The van der Waals surface area contributed by atoms with Gasteiger partial charge in [0.05, 0.1) is 14.2 Å². The van der Waals surface area contributed by atoms with Crippen molar-refractivity contribution in [3.8, 4) is 11.5 Å². The van der Waals surface area contributed by atoms with E-state index in [2.05, 4.69) is 22.3 Å². The number of nitrogens with one attached hydrogen (secondary N) is 1. The molecule has 2 aromatic rings. The lowest BCUT2D eigenvalue weighted by Crippen LogP contribution is -2.21. The molecule has 0 saturated heterocycles. The summed E-state index contributed by atoms with van der Waals surface area (Å²) in [6, 6.07) is 5.88. The van der Waals surface area contributed by atoms with E-state index in [4.69, 9.17) is 9.47 Å². The van der Waals surface area contributed by atoms with E-state index in [9.17, 15) is 0 Å². The Morgan fingerprint density at radius 3 is 2.71 bits per heavy atom. The molecule has 0 radical (unpaired) electrons. The van der Waals surface area contributed by atoms with Crippen molar-refractivity contribution in [3.05, 3.63) is 35.9 Å². The van der Waals surface area contributed by atoms with Crippen molar-refractivity contribution >= 4 is 0 Å². The SMILES string of the molecule is CCn1ncnc1CC(NC)c1cc(OC)ccc1OC. The molecule has 0 amide bonds. The number of rotatable bonds is 7. The molecule has 0 aliphatic rings. The van der Waals surface area contributed by atoms with Gasteiger partial charge in [-0.15, -0.1) is 0 Å². The summed E-state index contributed by atoms with van der Waals surface area (Å²) in [7, 11) is 5.26. The van der Waals surface area contributed by atoms with Crippen LogP contribution in [0.15, 0.2) is 24.5 Å². The molecule has 0 aliphatic carbocycles. The van der Waals surface area contributed by atoms with Crippen LogP contribution in [0.4, 0.5) is 0 Å². The van der Waals surface area contributed by atoms with Crippen LogP contribution in [0.3, 0.4) is 0 Å². The molecule has 0 fully saturated rings. The predicted molar refractivity (Wildman–Crippen MR) is 80.7 cm³/mol. The average molecular weight is 290 g/mol. The van der Waals surface area contributed by atoms with Gasteiger partial charge in [0.2, 0.25) is 0 Å². The van der Waals surface area contributed by atoms with Crippen molar-refractivity contribution < 1.29 is 9.47 Å². The summed E-state index contributed by atoms with van der Waals surface area (Å²) < 4.78 is 12.7. The molecule has 1 atom stereocenters. The molecule has 1 aromatic heterocycles. The van der Waals surface area contributed by atoms with Gasteiger partial charge in [-0.2, -0.15) is 5.10 Å². The fourth-order valence-corrected chi connectivity index (χ4v) is 2.37. The average Bonchev–Trinajstić information content (AvgIpc) is 2.99. The number of hydrogen-bond donors (Lipinski definition) is 1. The molecule has 0 bridgehead atoms. The largest absolute Gasteiger partial charge is 0.497 e. The zero-order valence-electron chi connectivity index (χ0n) is 13.0. The number of likely N-dealkylation sites (N-methyl/N-ethyl adjacent to an activating group) is 1. The third kappa shape index (κ3) is 3.33. The van der Waals surface area contributed by atoms with E-state index in [-0.39, 0.29) is 6.04 Å². The number of benzene rings is 1. The van der Waals surface area contributed by atoms with Crippen molar-refractivity contribution in [3.63, 3.8) is 0 Å². The van der Waals surface area contributed by atoms with Crippen LogP contribution in [0.25, 0.3) is 0 Å². The highest BCUT2D eigenvalue weighted by molar-refractivity contribution is 5.42. The summed E-state index contributed by atoms with van der Waals surface area (Å²) >= 11 is 0. The van der Waals surface area contributed by atoms with Gasteiger partial charge in [-0.05, 0) is 32.2 Å². The molecule has 0 aliphatic heterocycles. The summed E-state index contributed by atoms with van der Waals surface area (Å²) in [5, 5.41) is 7.53. The van der Waals surface area contributed by atoms with Gasteiger partial charge in [-0.1, -0.05) is 0 Å². The van der Waals surface area contributed by atoms with Crippen LogP contribution in [0, 0.1) is 0 Å². The van der Waals surface area contributed by atoms with Crippen molar-refractivity contribution in [1.29, 1.82) is 0 Å². The molecule has 1 aromatic carbocycles. The number of aryl methyl sites for hydroxylation is 1. The smallest absolute Gasteiger partial charge is 0.138 e. The molecule has 21 heavy (non-hydrogen) atoms. The maximum atomic E-state index is 5.46. The van der Waals surface area contributed by atoms with Crippen molar-refractivity contribution in [1.82, 2.24) is 20.1 Å². The van der Waals surface area contributed by atoms with Crippen molar-refractivity contribution in [2.45, 2.75) is 25.9 Å². The first-order valence-corrected chi connectivity index (χ1v) is 6.99. The monoisotopic (exact) mass is 290 g/mol. The van der Waals surface area contributed by atoms with Crippen LogP contribution in [-0.2, 0) is 13.0 Å². The standard InChI is InChI=1S/C15H22N4O2/c1-5-19-15(17-10-18-19)9-13(16-2)12-8-11(20-3)6-7-14(12)21-4/h6-8,10,13,16H,5,9H2,1-4H3. The molecule has 0 spiro atoms. The number of nitrogens with zero attached hydrogens (tertiary/aromatic N) is 3. The highest BCUT2D eigenvalue weighted by Crippen LogP contribution is 2.30. The lowest BCUT2D eigenvalue weighted by molar-refractivity contribution is 0.390. The van der Waals surface area contributed by atoms with Gasteiger partial charge in [0.25, 0.3) is 0 Å². The lowest BCUT2D eigenvalue weighted by Gasteiger charge is -2.20. The van der Waals surface area contributed by atoms with Gasteiger partial charge < -0.3 is 14.8 Å². The zero-order chi connectivity index (χ0) is 15.2. The lowest BCUT2D eigenvalue weighted by atomic mass is 10.0. The molecular formula is C15H22N4O2. The Morgan fingerprint density at radius 1 is 1.29 bits per heavy atom. The maximum Gasteiger partial charge on any atom is 0.138 e. The predicted octanol–water partition coefficient (Wildman–Crippen LogP) is 1.82. The number of methoxy groups -OCH3 is 2. The Bertz CT molecular complexity index is 583. The summed E-state index contributed by atoms with van der Waals surface area (Å²) in [6.07, 6.45) is 2.32. The topological polar surface area (TPSA) is 61.2 Å². The third-order valence-corrected chi connectivity index (χ3v) is 3.54. The minimum absolute atomic E-state index is 0.0737. The minimum Gasteiger partial charge on any atom is -0.497 e. The first-order valence-electron chi connectivity index (χ1n) is 6.99. The third-order valence-electron chi connectivity index (χ3n) is 3.54. The van der Waals surface area contributed by atoms with E-state index in [0.29, 0.717) is 0 Å². The molecule has 6 heteroatoms. The summed E-state index contributed by atoms with van der Waals surface area (Å²) in [5.41, 5.74) is 1.05. The highest BCUT2D eigenvalue weighted by atomic mass is 16.5. The van der Waals surface area contributed by atoms with E-state index in [1.165, 1.54) is 0 Å². The Balaban J connectivity index is 2.32. The Labute approximate surface area is 125 Å².